The SMILES string of the molecule is COc1ccccc1O[Si](C(C)(C)C)C(C)(C)C. The topological polar surface area (TPSA) is 18.5 Å². The van der Waals surface area contributed by atoms with Crippen molar-refractivity contribution < 1.29 is 9.16 Å². The second kappa shape index (κ2) is 5.35. The fourth-order valence-electron chi connectivity index (χ4n) is 2.24. The summed E-state index contributed by atoms with van der Waals surface area (Å²) in [5.74, 6) is 1.67. The van der Waals surface area contributed by atoms with Gasteiger partial charge in [-0.05, 0) is 22.2 Å². The molecule has 1 radical (unpaired) electrons. The zero-order valence-electron chi connectivity index (χ0n) is 12.6. The van der Waals surface area contributed by atoms with Gasteiger partial charge in [0.1, 0.15) is 5.75 Å². The molecule has 101 valence electrons. The molecule has 1 aromatic rings. The highest BCUT2D eigenvalue weighted by Crippen LogP contribution is 2.43. The van der Waals surface area contributed by atoms with E-state index in [4.69, 9.17) is 9.16 Å². The van der Waals surface area contributed by atoms with Crippen LogP contribution in [-0.2, 0) is 0 Å². The van der Waals surface area contributed by atoms with Crippen molar-refractivity contribution in [1.29, 1.82) is 0 Å². The Hall–Kier alpha value is -0.963. The van der Waals surface area contributed by atoms with Gasteiger partial charge < -0.3 is 9.16 Å². The quantitative estimate of drug-likeness (QED) is 0.740. The molecular weight excluding hydrogens is 240 g/mol. The molecule has 0 N–H and O–H groups in total. The molecular formula is C15H25O2Si. The van der Waals surface area contributed by atoms with Crippen LogP contribution in [-0.4, -0.2) is 16.2 Å². The van der Waals surface area contributed by atoms with Crippen molar-refractivity contribution in [3.63, 3.8) is 0 Å². The van der Waals surface area contributed by atoms with Crippen LogP contribution in [0.15, 0.2) is 24.3 Å². The molecule has 0 bridgehead atoms. The molecule has 0 amide bonds. The molecule has 1 aromatic carbocycles. The molecule has 18 heavy (non-hydrogen) atoms. The summed E-state index contributed by atoms with van der Waals surface area (Å²) in [4.78, 5) is 0. The summed E-state index contributed by atoms with van der Waals surface area (Å²) in [7, 11) is 0.643. The third-order valence-electron chi connectivity index (χ3n) is 2.64. The van der Waals surface area contributed by atoms with Gasteiger partial charge in [0.2, 0.25) is 0 Å². The average Bonchev–Trinajstić information content (AvgIpc) is 2.23. The molecule has 0 aliphatic rings. The first-order valence-electron chi connectivity index (χ1n) is 6.35. The summed E-state index contributed by atoms with van der Waals surface area (Å²) in [6.45, 7) is 13.5. The molecule has 0 spiro atoms. The lowest BCUT2D eigenvalue weighted by Gasteiger charge is -2.37. The number of methoxy groups -OCH3 is 1. The number of benzene rings is 1. The number of para-hydroxylation sites is 2. The highest BCUT2D eigenvalue weighted by atomic mass is 28.3. The Morgan fingerprint density at radius 3 is 1.67 bits per heavy atom. The normalized spacial score (nSPS) is 12.7. The largest absolute Gasteiger partial charge is 0.538 e. The van der Waals surface area contributed by atoms with E-state index in [1.165, 1.54) is 0 Å². The fourth-order valence-corrected chi connectivity index (χ4v) is 5.50. The van der Waals surface area contributed by atoms with Gasteiger partial charge in [0.05, 0.1) is 7.11 Å². The van der Waals surface area contributed by atoms with Crippen LogP contribution >= 0.6 is 0 Å². The monoisotopic (exact) mass is 265 g/mol. The third kappa shape index (κ3) is 3.77. The van der Waals surface area contributed by atoms with Crippen molar-refractivity contribution in [2.75, 3.05) is 7.11 Å². The molecule has 0 aromatic heterocycles. The molecule has 0 aliphatic heterocycles. The Labute approximate surface area is 113 Å². The first-order valence-corrected chi connectivity index (χ1v) is 7.76. The van der Waals surface area contributed by atoms with Crippen molar-refractivity contribution in [3.8, 4) is 11.5 Å². The Bertz CT molecular complexity index is 374. The summed E-state index contributed by atoms with van der Waals surface area (Å²) in [5, 5.41) is 0.341. The van der Waals surface area contributed by atoms with Gasteiger partial charge in [-0.3, -0.25) is 0 Å². The highest BCUT2D eigenvalue weighted by molar-refractivity contribution is 6.59. The van der Waals surface area contributed by atoms with Gasteiger partial charge in [0.25, 0.3) is 9.04 Å². The van der Waals surface area contributed by atoms with Crippen molar-refractivity contribution >= 4 is 9.04 Å². The fraction of sp³-hybridized carbons (Fsp3) is 0.600. The summed E-state index contributed by atoms with van der Waals surface area (Å²) < 4.78 is 11.7. The van der Waals surface area contributed by atoms with Gasteiger partial charge in [-0.25, -0.2) is 0 Å². The first-order chi connectivity index (χ1) is 8.16. The zero-order chi connectivity index (χ0) is 14.0. The van der Waals surface area contributed by atoms with Crippen LogP contribution in [0.3, 0.4) is 0 Å². The van der Waals surface area contributed by atoms with Gasteiger partial charge in [-0.2, -0.15) is 0 Å². The van der Waals surface area contributed by atoms with Crippen LogP contribution in [0.25, 0.3) is 0 Å². The molecule has 0 fully saturated rings. The van der Waals surface area contributed by atoms with Gasteiger partial charge in [0.15, 0.2) is 5.75 Å². The lowest BCUT2D eigenvalue weighted by molar-refractivity contribution is 0.382. The van der Waals surface area contributed by atoms with Crippen molar-refractivity contribution in [2.45, 2.75) is 51.6 Å². The Morgan fingerprint density at radius 2 is 1.28 bits per heavy atom. The zero-order valence-corrected chi connectivity index (χ0v) is 13.6. The van der Waals surface area contributed by atoms with E-state index < -0.39 is 9.04 Å². The van der Waals surface area contributed by atoms with E-state index in [1.54, 1.807) is 7.11 Å². The molecule has 0 saturated carbocycles. The maximum Gasteiger partial charge on any atom is 0.292 e. The second-order valence-corrected chi connectivity index (χ2v) is 10.4. The maximum absolute atomic E-state index is 6.34. The van der Waals surface area contributed by atoms with Crippen molar-refractivity contribution in [1.82, 2.24) is 0 Å². The van der Waals surface area contributed by atoms with Crippen LogP contribution in [0.4, 0.5) is 0 Å². The molecule has 2 nitrogen and oxygen atoms in total. The molecule has 3 heteroatoms. The van der Waals surface area contributed by atoms with E-state index in [-0.39, 0.29) is 10.1 Å². The minimum Gasteiger partial charge on any atom is -0.538 e. The average molecular weight is 265 g/mol. The van der Waals surface area contributed by atoms with E-state index in [2.05, 4.69) is 41.5 Å². The van der Waals surface area contributed by atoms with Crippen molar-refractivity contribution in [3.05, 3.63) is 24.3 Å². The molecule has 0 saturated heterocycles. The standard InChI is InChI=1S/C15H25O2Si/c1-14(2,3)18(15(4,5)6)17-13-11-9-8-10-12(13)16-7/h8-11H,1-7H3. The predicted octanol–water partition coefficient (Wildman–Crippen LogP) is 4.67. The molecule has 0 atom stereocenters. The Kier molecular flexibility index (Phi) is 4.49. The Balaban J connectivity index is 3.05. The van der Waals surface area contributed by atoms with Crippen molar-refractivity contribution in [2.24, 2.45) is 0 Å². The molecule has 0 aliphatic carbocycles. The summed E-state index contributed by atoms with van der Waals surface area (Å²) in [6.07, 6.45) is 0. The molecule has 1 rings (SSSR count). The second-order valence-electron chi connectivity index (χ2n) is 6.58. The van der Waals surface area contributed by atoms with E-state index in [0.717, 1.165) is 11.5 Å². The van der Waals surface area contributed by atoms with Crippen LogP contribution in [0.5, 0.6) is 11.5 Å². The minimum absolute atomic E-state index is 0.170. The number of rotatable bonds is 3. The smallest absolute Gasteiger partial charge is 0.292 e. The van der Waals surface area contributed by atoms with E-state index >= 15 is 0 Å². The maximum atomic E-state index is 6.34. The number of ether oxygens (including phenoxy) is 1. The summed E-state index contributed by atoms with van der Waals surface area (Å²) in [6, 6.07) is 7.88. The molecule has 0 unspecified atom stereocenters. The number of hydrogen-bond acceptors (Lipinski definition) is 2. The predicted molar refractivity (Wildman–Crippen MR) is 78.8 cm³/mol. The van der Waals surface area contributed by atoms with Crippen LogP contribution < -0.4 is 9.16 Å². The summed E-state index contributed by atoms with van der Waals surface area (Å²) >= 11 is 0. The van der Waals surface area contributed by atoms with Gasteiger partial charge in [-0.1, -0.05) is 53.7 Å². The van der Waals surface area contributed by atoms with E-state index in [1.807, 2.05) is 24.3 Å². The lowest BCUT2D eigenvalue weighted by atomic mass is 10.2. The highest BCUT2D eigenvalue weighted by Gasteiger charge is 2.41. The minimum atomic E-state index is -1.04. The van der Waals surface area contributed by atoms with E-state index in [0.29, 0.717) is 0 Å². The number of hydrogen-bond donors (Lipinski definition) is 0. The first kappa shape index (κ1) is 15.1. The van der Waals surface area contributed by atoms with Gasteiger partial charge in [0, 0.05) is 0 Å². The van der Waals surface area contributed by atoms with Crippen LogP contribution in [0, 0.1) is 0 Å². The van der Waals surface area contributed by atoms with Gasteiger partial charge in [-0.15, -0.1) is 0 Å². The third-order valence-corrected chi connectivity index (χ3v) is 5.79. The lowest BCUT2D eigenvalue weighted by Crippen LogP contribution is -2.41. The van der Waals surface area contributed by atoms with E-state index in [9.17, 15) is 0 Å². The molecule has 0 heterocycles. The van der Waals surface area contributed by atoms with Gasteiger partial charge >= 0.3 is 0 Å². The van der Waals surface area contributed by atoms with Crippen LogP contribution in [0.1, 0.15) is 41.5 Å². The van der Waals surface area contributed by atoms with Crippen LogP contribution in [0.2, 0.25) is 10.1 Å². The summed E-state index contributed by atoms with van der Waals surface area (Å²) in [5.41, 5.74) is 0. The Morgan fingerprint density at radius 1 is 0.833 bits per heavy atom.